The lowest BCUT2D eigenvalue weighted by Crippen LogP contribution is -2.21. The minimum absolute atomic E-state index is 0.911. The standard InChI is InChI=1S/C13H30S/c1-11(2)13-8-7-12(9-13)10-14(3,4,5)6/h11-14H,7-10H2,1-6H3. The summed E-state index contributed by atoms with van der Waals surface area (Å²) in [5.41, 5.74) is 0. The Morgan fingerprint density at radius 2 is 1.64 bits per heavy atom. The van der Waals surface area contributed by atoms with E-state index in [1.54, 1.807) is 0 Å². The minimum atomic E-state index is -1.24. The Hall–Kier alpha value is 0.350. The maximum Gasteiger partial charge on any atom is -0.0336 e. The molecule has 0 nitrogen and oxygen atoms in total. The van der Waals surface area contributed by atoms with Crippen LogP contribution in [0.5, 0.6) is 0 Å². The van der Waals surface area contributed by atoms with Crippen molar-refractivity contribution in [2.24, 2.45) is 17.8 Å². The molecule has 0 N–H and O–H groups in total. The molecule has 0 amide bonds. The lowest BCUT2D eigenvalue weighted by Gasteiger charge is -2.49. The van der Waals surface area contributed by atoms with Crippen LogP contribution >= 0.6 is 9.16 Å². The third-order valence-corrected chi connectivity index (χ3v) is 5.49. The molecule has 0 radical (unpaired) electrons. The molecule has 0 bridgehead atoms. The van der Waals surface area contributed by atoms with Gasteiger partial charge in [0.15, 0.2) is 0 Å². The molecule has 2 atom stereocenters. The van der Waals surface area contributed by atoms with Gasteiger partial charge < -0.3 is 0 Å². The van der Waals surface area contributed by atoms with Crippen LogP contribution in [0, 0.1) is 17.8 Å². The quantitative estimate of drug-likeness (QED) is 0.687. The van der Waals surface area contributed by atoms with Crippen LogP contribution in [0.3, 0.4) is 0 Å². The molecule has 0 aromatic carbocycles. The molecule has 1 fully saturated rings. The van der Waals surface area contributed by atoms with E-state index in [4.69, 9.17) is 0 Å². The van der Waals surface area contributed by atoms with Crippen LogP contribution in [-0.4, -0.2) is 30.8 Å². The van der Waals surface area contributed by atoms with Crippen molar-refractivity contribution < 1.29 is 0 Å². The Morgan fingerprint density at radius 1 is 1.07 bits per heavy atom. The monoisotopic (exact) mass is 218 g/mol. The van der Waals surface area contributed by atoms with Gasteiger partial charge >= 0.3 is 0 Å². The SMILES string of the molecule is CC(C)C1CCC(C[SH](C)(C)(C)C)C1. The summed E-state index contributed by atoms with van der Waals surface area (Å²) >= 11 is 0. The fourth-order valence-electron chi connectivity index (χ4n) is 2.92. The number of hydrogen-bond acceptors (Lipinski definition) is 0. The molecule has 0 aromatic heterocycles. The zero-order chi connectivity index (χ0) is 11.0. The molecule has 1 rings (SSSR count). The van der Waals surface area contributed by atoms with Crippen molar-refractivity contribution in [3.05, 3.63) is 0 Å². The van der Waals surface area contributed by atoms with Crippen LogP contribution < -0.4 is 0 Å². The molecule has 2 unspecified atom stereocenters. The minimum Gasteiger partial charge on any atom is -0.292 e. The van der Waals surface area contributed by atoms with Crippen molar-refractivity contribution in [2.45, 2.75) is 33.1 Å². The Labute approximate surface area is 91.1 Å². The normalized spacial score (nSPS) is 31.8. The van der Waals surface area contributed by atoms with Crippen LogP contribution in [0.2, 0.25) is 0 Å². The van der Waals surface area contributed by atoms with Gasteiger partial charge in [-0.2, -0.15) is 0 Å². The van der Waals surface area contributed by atoms with Crippen LogP contribution in [0.4, 0.5) is 0 Å². The van der Waals surface area contributed by atoms with E-state index in [1.807, 2.05) is 0 Å². The summed E-state index contributed by atoms with van der Waals surface area (Å²) < 4.78 is 0. The molecule has 1 aliphatic rings. The van der Waals surface area contributed by atoms with Gasteiger partial charge in [0.05, 0.1) is 0 Å². The molecule has 88 valence electrons. The first kappa shape index (κ1) is 12.4. The van der Waals surface area contributed by atoms with Crippen LogP contribution in [-0.2, 0) is 0 Å². The zero-order valence-electron chi connectivity index (χ0n) is 11.0. The van der Waals surface area contributed by atoms with Crippen molar-refractivity contribution in [3.63, 3.8) is 0 Å². The smallest absolute Gasteiger partial charge is 0.0336 e. The zero-order valence-corrected chi connectivity index (χ0v) is 11.9. The predicted octanol–water partition coefficient (Wildman–Crippen LogP) is 3.65. The Kier molecular flexibility index (Phi) is 3.31. The number of hydrogen-bond donors (Lipinski definition) is 1. The molecule has 0 spiro atoms. The second-order valence-electron chi connectivity index (χ2n) is 7.81. The maximum absolute atomic E-state index is 2.52. The lowest BCUT2D eigenvalue weighted by atomic mass is 9.94. The van der Waals surface area contributed by atoms with Gasteiger partial charge in [-0.25, -0.2) is 0 Å². The van der Waals surface area contributed by atoms with Crippen LogP contribution in [0.15, 0.2) is 0 Å². The molecule has 0 saturated heterocycles. The van der Waals surface area contributed by atoms with Crippen molar-refractivity contribution in [2.75, 3.05) is 30.8 Å². The highest BCUT2D eigenvalue weighted by Crippen LogP contribution is 2.58. The fourth-order valence-corrected chi connectivity index (χ4v) is 5.31. The highest BCUT2D eigenvalue weighted by atomic mass is 32.3. The van der Waals surface area contributed by atoms with Gasteiger partial charge in [-0.1, -0.05) is 13.8 Å². The highest BCUT2D eigenvalue weighted by Gasteiger charge is 2.31. The average Bonchev–Trinajstić information content (AvgIpc) is 2.29. The number of rotatable bonds is 3. The second kappa shape index (κ2) is 3.73. The molecule has 14 heavy (non-hydrogen) atoms. The van der Waals surface area contributed by atoms with Gasteiger partial charge in [0.25, 0.3) is 0 Å². The molecule has 0 aromatic rings. The van der Waals surface area contributed by atoms with E-state index in [1.165, 1.54) is 25.0 Å². The summed E-state index contributed by atoms with van der Waals surface area (Å²) in [4.78, 5) is 0. The fraction of sp³-hybridized carbons (Fsp3) is 1.00. The lowest BCUT2D eigenvalue weighted by molar-refractivity contribution is 0.384. The van der Waals surface area contributed by atoms with Gasteiger partial charge in [0, 0.05) is 0 Å². The molecule has 1 aliphatic carbocycles. The third-order valence-electron chi connectivity index (χ3n) is 3.51. The van der Waals surface area contributed by atoms with Crippen molar-refractivity contribution >= 4 is 9.16 Å². The maximum atomic E-state index is 2.52. The Morgan fingerprint density at radius 3 is 2.00 bits per heavy atom. The van der Waals surface area contributed by atoms with Gasteiger partial charge in [-0.15, -0.1) is 0 Å². The predicted molar refractivity (Wildman–Crippen MR) is 73.2 cm³/mol. The molecule has 1 saturated carbocycles. The Bertz CT molecular complexity index is 188. The molecule has 0 heterocycles. The first-order chi connectivity index (χ1) is 6.13. The summed E-state index contributed by atoms with van der Waals surface area (Å²) in [5.74, 6) is 4.51. The first-order valence-electron chi connectivity index (χ1n) is 6.13. The van der Waals surface area contributed by atoms with Crippen molar-refractivity contribution in [1.82, 2.24) is 0 Å². The highest BCUT2D eigenvalue weighted by molar-refractivity contribution is 8.47. The van der Waals surface area contributed by atoms with E-state index in [0.29, 0.717) is 0 Å². The second-order valence-corrected chi connectivity index (χ2v) is 16.1. The van der Waals surface area contributed by atoms with Crippen LogP contribution in [0.1, 0.15) is 33.1 Å². The third kappa shape index (κ3) is 4.25. The van der Waals surface area contributed by atoms with Gasteiger partial charge in [0.2, 0.25) is 0 Å². The molecule has 0 aliphatic heterocycles. The number of thiol groups is 1. The largest absolute Gasteiger partial charge is 0.292 e. The van der Waals surface area contributed by atoms with E-state index in [0.717, 1.165) is 17.8 Å². The average molecular weight is 218 g/mol. The molecular formula is C13H30S. The Balaban J connectivity index is 2.44. The van der Waals surface area contributed by atoms with Crippen molar-refractivity contribution in [1.29, 1.82) is 0 Å². The van der Waals surface area contributed by atoms with E-state index >= 15 is 0 Å². The first-order valence-corrected chi connectivity index (χ1v) is 10.3. The summed E-state index contributed by atoms with van der Waals surface area (Å²) in [6.45, 7) is 4.78. The van der Waals surface area contributed by atoms with E-state index < -0.39 is 9.16 Å². The van der Waals surface area contributed by atoms with E-state index in [9.17, 15) is 0 Å². The topological polar surface area (TPSA) is 0 Å². The summed E-state index contributed by atoms with van der Waals surface area (Å²) in [7, 11) is -1.24. The van der Waals surface area contributed by atoms with E-state index in [-0.39, 0.29) is 0 Å². The molecule has 1 heteroatoms. The van der Waals surface area contributed by atoms with Gasteiger partial charge in [-0.3, -0.25) is 9.16 Å². The van der Waals surface area contributed by atoms with E-state index in [2.05, 4.69) is 38.9 Å². The molecular weight excluding hydrogens is 188 g/mol. The summed E-state index contributed by atoms with van der Waals surface area (Å²) in [6, 6.07) is 0. The van der Waals surface area contributed by atoms with Crippen molar-refractivity contribution in [3.8, 4) is 0 Å². The van der Waals surface area contributed by atoms with Gasteiger partial charge in [-0.05, 0) is 67.8 Å². The van der Waals surface area contributed by atoms with Gasteiger partial charge in [0.1, 0.15) is 0 Å². The summed E-state index contributed by atoms with van der Waals surface area (Å²) in [5, 5.41) is 0. The van der Waals surface area contributed by atoms with Crippen LogP contribution in [0.25, 0.3) is 0 Å². The summed E-state index contributed by atoms with van der Waals surface area (Å²) in [6.07, 6.45) is 14.6.